The second-order valence-corrected chi connectivity index (χ2v) is 7.91. The van der Waals surface area contributed by atoms with E-state index in [1.807, 2.05) is 17.7 Å². The van der Waals surface area contributed by atoms with Crippen molar-refractivity contribution in [1.82, 2.24) is 9.55 Å². The minimum absolute atomic E-state index is 0.000352. The SMILES string of the molecule is CCOC(=O)C(C(=O)OCC)(c1ccccc1)c1cnc(CC(C)(C)C)n1C. The summed E-state index contributed by atoms with van der Waals surface area (Å²) in [6, 6.07) is 8.89. The van der Waals surface area contributed by atoms with Crippen LogP contribution in [0, 0.1) is 5.41 Å². The van der Waals surface area contributed by atoms with Crippen molar-refractivity contribution in [3.05, 3.63) is 53.6 Å². The summed E-state index contributed by atoms with van der Waals surface area (Å²) in [7, 11) is 1.82. The lowest BCUT2D eigenvalue weighted by Gasteiger charge is -2.30. The van der Waals surface area contributed by atoms with Gasteiger partial charge < -0.3 is 14.0 Å². The van der Waals surface area contributed by atoms with Crippen LogP contribution in [-0.2, 0) is 37.9 Å². The van der Waals surface area contributed by atoms with Crippen molar-refractivity contribution in [3.8, 4) is 0 Å². The van der Waals surface area contributed by atoms with Gasteiger partial charge in [-0.05, 0) is 24.8 Å². The summed E-state index contributed by atoms with van der Waals surface area (Å²) in [6.07, 6.45) is 2.28. The lowest BCUT2D eigenvalue weighted by Crippen LogP contribution is -2.48. The van der Waals surface area contributed by atoms with Gasteiger partial charge in [0.25, 0.3) is 0 Å². The first-order valence-corrected chi connectivity index (χ1v) is 9.59. The fourth-order valence-corrected chi connectivity index (χ4v) is 3.28. The summed E-state index contributed by atoms with van der Waals surface area (Å²) in [5.74, 6) is -0.536. The zero-order valence-electron chi connectivity index (χ0n) is 17.6. The molecule has 0 N–H and O–H groups in total. The van der Waals surface area contributed by atoms with Gasteiger partial charge in [0.1, 0.15) is 5.82 Å². The molecule has 0 aliphatic heterocycles. The largest absolute Gasteiger partial charge is 0.465 e. The van der Waals surface area contributed by atoms with E-state index in [4.69, 9.17) is 9.47 Å². The number of benzene rings is 1. The van der Waals surface area contributed by atoms with Crippen molar-refractivity contribution < 1.29 is 19.1 Å². The lowest BCUT2D eigenvalue weighted by atomic mass is 9.77. The molecule has 0 fully saturated rings. The third kappa shape index (κ3) is 4.11. The van der Waals surface area contributed by atoms with Crippen molar-refractivity contribution in [2.24, 2.45) is 12.5 Å². The number of hydrogen-bond acceptors (Lipinski definition) is 5. The average molecular weight is 386 g/mol. The maximum atomic E-state index is 13.3. The van der Waals surface area contributed by atoms with Crippen LogP contribution in [0.25, 0.3) is 0 Å². The van der Waals surface area contributed by atoms with E-state index in [1.165, 1.54) is 0 Å². The zero-order valence-corrected chi connectivity index (χ0v) is 17.6. The highest BCUT2D eigenvalue weighted by Crippen LogP contribution is 2.36. The van der Waals surface area contributed by atoms with E-state index in [0.717, 1.165) is 5.82 Å². The molecule has 0 unspecified atom stereocenters. The molecule has 0 amide bonds. The van der Waals surface area contributed by atoms with Crippen LogP contribution >= 0.6 is 0 Å². The van der Waals surface area contributed by atoms with Gasteiger partial charge in [0.15, 0.2) is 0 Å². The Hall–Kier alpha value is -2.63. The first kappa shape index (κ1) is 21.7. The average Bonchev–Trinajstić information content (AvgIpc) is 2.97. The molecule has 2 aromatic rings. The molecule has 1 aromatic carbocycles. The van der Waals surface area contributed by atoms with E-state index in [9.17, 15) is 9.59 Å². The van der Waals surface area contributed by atoms with Gasteiger partial charge in [0.05, 0.1) is 25.1 Å². The number of esters is 2. The Morgan fingerprint density at radius 3 is 2.00 bits per heavy atom. The molecule has 6 nitrogen and oxygen atoms in total. The monoisotopic (exact) mass is 386 g/mol. The highest BCUT2D eigenvalue weighted by Gasteiger charge is 2.54. The molecule has 28 heavy (non-hydrogen) atoms. The molecule has 2 rings (SSSR count). The van der Waals surface area contributed by atoms with Gasteiger partial charge in [-0.1, -0.05) is 51.1 Å². The quantitative estimate of drug-likeness (QED) is 0.539. The molecule has 0 aliphatic rings. The fourth-order valence-electron chi connectivity index (χ4n) is 3.28. The zero-order chi connectivity index (χ0) is 20.9. The molecule has 1 aromatic heterocycles. The molecule has 1 heterocycles. The summed E-state index contributed by atoms with van der Waals surface area (Å²) in [5, 5.41) is 0. The van der Waals surface area contributed by atoms with E-state index in [2.05, 4.69) is 25.8 Å². The number of rotatable bonds is 7. The van der Waals surface area contributed by atoms with Gasteiger partial charge in [-0.25, -0.2) is 4.98 Å². The predicted octanol–water partition coefficient (Wildman–Crippen LogP) is 3.42. The van der Waals surface area contributed by atoms with Crippen molar-refractivity contribution in [2.75, 3.05) is 13.2 Å². The van der Waals surface area contributed by atoms with Crippen molar-refractivity contribution in [3.63, 3.8) is 0 Å². The summed E-state index contributed by atoms with van der Waals surface area (Å²) in [5.41, 5.74) is -0.794. The minimum atomic E-state index is -1.73. The van der Waals surface area contributed by atoms with E-state index >= 15 is 0 Å². The molecule has 0 saturated carbocycles. The Labute approximate surface area is 166 Å². The maximum Gasteiger partial charge on any atom is 0.334 e. The van der Waals surface area contributed by atoms with Gasteiger partial charge in [0, 0.05) is 13.5 Å². The second kappa shape index (κ2) is 8.59. The third-order valence-electron chi connectivity index (χ3n) is 4.53. The van der Waals surface area contributed by atoms with Gasteiger partial charge >= 0.3 is 11.9 Å². The summed E-state index contributed by atoms with van der Waals surface area (Å²) >= 11 is 0. The van der Waals surface area contributed by atoms with Crippen LogP contribution in [-0.4, -0.2) is 34.7 Å². The van der Waals surface area contributed by atoms with E-state index in [-0.39, 0.29) is 18.6 Å². The highest BCUT2D eigenvalue weighted by atomic mass is 16.6. The Bertz CT molecular complexity index is 801. The molecular formula is C22H30N2O4. The van der Waals surface area contributed by atoms with Crippen LogP contribution in [0.4, 0.5) is 0 Å². The van der Waals surface area contributed by atoms with E-state index in [1.54, 1.807) is 44.3 Å². The molecule has 0 bridgehead atoms. The third-order valence-corrected chi connectivity index (χ3v) is 4.53. The topological polar surface area (TPSA) is 70.4 Å². The highest BCUT2D eigenvalue weighted by molar-refractivity contribution is 6.09. The first-order valence-electron chi connectivity index (χ1n) is 9.59. The number of carbonyl (C=O) groups is 2. The van der Waals surface area contributed by atoms with Gasteiger partial charge in [0.2, 0.25) is 5.41 Å². The summed E-state index contributed by atoms with van der Waals surface area (Å²) < 4.78 is 12.5. The molecule has 0 aliphatic carbocycles. The first-order chi connectivity index (χ1) is 13.2. The second-order valence-electron chi connectivity index (χ2n) is 7.91. The maximum absolute atomic E-state index is 13.3. The molecule has 6 heteroatoms. The van der Waals surface area contributed by atoms with Gasteiger partial charge in [-0.3, -0.25) is 9.59 Å². The van der Waals surface area contributed by atoms with E-state index < -0.39 is 17.4 Å². The van der Waals surface area contributed by atoms with Crippen LogP contribution < -0.4 is 0 Å². The lowest BCUT2D eigenvalue weighted by molar-refractivity contribution is -0.162. The molecule has 0 atom stereocenters. The molecule has 0 saturated heterocycles. The van der Waals surface area contributed by atoms with Crippen LogP contribution in [0.15, 0.2) is 36.5 Å². The Balaban J connectivity index is 2.77. The number of ether oxygens (including phenoxy) is 2. The van der Waals surface area contributed by atoms with Crippen molar-refractivity contribution >= 4 is 11.9 Å². The smallest absolute Gasteiger partial charge is 0.334 e. The Morgan fingerprint density at radius 1 is 1.00 bits per heavy atom. The normalized spacial score (nSPS) is 11.9. The summed E-state index contributed by atoms with van der Waals surface area (Å²) in [6.45, 7) is 10.1. The van der Waals surface area contributed by atoms with E-state index in [0.29, 0.717) is 17.7 Å². The molecule has 0 spiro atoms. The minimum Gasteiger partial charge on any atom is -0.465 e. The number of hydrogen-bond donors (Lipinski definition) is 0. The van der Waals surface area contributed by atoms with Gasteiger partial charge in [-0.15, -0.1) is 0 Å². The Kier molecular flexibility index (Phi) is 6.65. The Morgan fingerprint density at radius 2 is 1.54 bits per heavy atom. The molecular weight excluding hydrogens is 356 g/mol. The van der Waals surface area contributed by atoms with Crippen molar-refractivity contribution in [1.29, 1.82) is 0 Å². The number of aromatic nitrogens is 2. The number of carbonyl (C=O) groups excluding carboxylic acids is 2. The predicted molar refractivity (Wildman–Crippen MR) is 107 cm³/mol. The van der Waals surface area contributed by atoms with Crippen LogP contribution in [0.3, 0.4) is 0 Å². The number of imidazole rings is 1. The number of nitrogens with zero attached hydrogens (tertiary/aromatic N) is 2. The van der Waals surface area contributed by atoms with Crippen LogP contribution in [0.1, 0.15) is 51.7 Å². The van der Waals surface area contributed by atoms with Crippen molar-refractivity contribution in [2.45, 2.75) is 46.5 Å². The van der Waals surface area contributed by atoms with Crippen LogP contribution in [0.2, 0.25) is 0 Å². The van der Waals surface area contributed by atoms with Crippen LogP contribution in [0.5, 0.6) is 0 Å². The van der Waals surface area contributed by atoms with Gasteiger partial charge in [-0.2, -0.15) is 0 Å². The summed E-state index contributed by atoms with van der Waals surface area (Å²) in [4.78, 5) is 31.1. The molecule has 0 radical (unpaired) electrons. The molecule has 152 valence electrons. The standard InChI is InChI=1S/C22H30N2O4/c1-7-27-19(25)22(20(26)28-8-2,16-12-10-9-11-13-16)17-15-23-18(24(17)6)14-21(3,4)5/h9-13,15H,7-8,14H2,1-6H3. The fraction of sp³-hybridized carbons (Fsp3) is 0.500.